The Labute approximate surface area is 186 Å². The van der Waals surface area contributed by atoms with E-state index in [2.05, 4.69) is 27.4 Å². The number of hydrogen-bond acceptors (Lipinski definition) is 5. The van der Waals surface area contributed by atoms with Crippen LogP contribution in [0.1, 0.15) is 42.3 Å². The first-order valence-corrected chi connectivity index (χ1v) is 10.7. The van der Waals surface area contributed by atoms with Gasteiger partial charge < -0.3 is 4.74 Å². The summed E-state index contributed by atoms with van der Waals surface area (Å²) in [7, 11) is 0. The molecule has 0 unspecified atom stereocenters. The van der Waals surface area contributed by atoms with Crippen LogP contribution in [0.15, 0.2) is 66.1 Å². The monoisotopic (exact) mass is 437 g/mol. The van der Waals surface area contributed by atoms with Gasteiger partial charge >= 0.3 is 5.97 Å². The number of nitrogens with zero attached hydrogens (tertiary/aromatic N) is 1. The zero-order chi connectivity index (χ0) is 21.9. The maximum absolute atomic E-state index is 12.5. The van der Waals surface area contributed by atoms with Gasteiger partial charge in [-0.15, -0.1) is 6.58 Å². The van der Waals surface area contributed by atoms with Crippen molar-refractivity contribution in [1.29, 1.82) is 0 Å². The molecular weight excluding hydrogens is 414 g/mol. The van der Waals surface area contributed by atoms with Gasteiger partial charge in [0.1, 0.15) is 10.1 Å². The van der Waals surface area contributed by atoms with Gasteiger partial charge in [-0.2, -0.15) is 0 Å². The molecule has 4 nitrogen and oxygen atoms in total. The number of carbonyl (C=O) groups excluding carboxylic acids is 2. The molecule has 1 saturated heterocycles. The molecule has 2 aromatic rings. The van der Waals surface area contributed by atoms with Crippen LogP contribution in [0.2, 0.25) is 0 Å². The number of amides is 1. The van der Waals surface area contributed by atoms with Gasteiger partial charge in [-0.25, -0.2) is 4.79 Å². The average molecular weight is 438 g/mol. The van der Waals surface area contributed by atoms with Crippen LogP contribution in [0.3, 0.4) is 0 Å². The lowest BCUT2D eigenvalue weighted by Gasteiger charge is -2.18. The first-order chi connectivity index (χ1) is 14.2. The Morgan fingerprint density at radius 2 is 1.90 bits per heavy atom. The number of esters is 1. The predicted octanol–water partition coefficient (Wildman–Crippen LogP) is 5.59. The molecule has 1 aliphatic heterocycles. The molecule has 0 bridgehead atoms. The molecule has 0 radical (unpaired) electrons. The van der Waals surface area contributed by atoms with E-state index < -0.39 is 5.97 Å². The lowest BCUT2D eigenvalue weighted by atomic mass is 9.87. The van der Waals surface area contributed by atoms with E-state index in [1.165, 1.54) is 16.7 Å². The van der Waals surface area contributed by atoms with Crippen LogP contribution in [0, 0.1) is 0 Å². The van der Waals surface area contributed by atoms with Gasteiger partial charge in [-0.05, 0) is 46.9 Å². The molecule has 0 aromatic heterocycles. The second-order valence-corrected chi connectivity index (χ2v) is 9.55. The molecule has 0 atom stereocenters. The van der Waals surface area contributed by atoms with Crippen molar-refractivity contribution in [3.8, 4) is 5.75 Å². The van der Waals surface area contributed by atoms with Crippen LogP contribution in [0.25, 0.3) is 6.08 Å². The van der Waals surface area contributed by atoms with Gasteiger partial charge in [0.25, 0.3) is 5.91 Å². The highest BCUT2D eigenvalue weighted by Gasteiger charge is 2.30. The topological polar surface area (TPSA) is 46.6 Å². The zero-order valence-electron chi connectivity index (χ0n) is 17.2. The van der Waals surface area contributed by atoms with E-state index in [1.807, 2.05) is 18.2 Å². The summed E-state index contributed by atoms with van der Waals surface area (Å²) in [5.41, 5.74) is 2.40. The summed E-state index contributed by atoms with van der Waals surface area (Å²) in [6.07, 6.45) is 3.39. The van der Waals surface area contributed by atoms with Crippen molar-refractivity contribution < 1.29 is 14.3 Å². The minimum atomic E-state index is -0.426. The van der Waals surface area contributed by atoms with Crippen LogP contribution in [-0.4, -0.2) is 27.6 Å². The first kappa shape index (κ1) is 22.0. The molecule has 2 aromatic carbocycles. The van der Waals surface area contributed by atoms with Gasteiger partial charge in [0.15, 0.2) is 0 Å². The Hall–Kier alpha value is -2.70. The third kappa shape index (κ3) is 5.07. The molecule has 6 heteroatoms. The molecule has 1 heterocycles. The summed E-state index contributed by atoms with van der Waals surface area (Å²) in [5, 5.41) is 0. The molecule has 0 N–H and O–H groups in total. The number of rotatable bonds is 5. The Morgan fingerprint density at radius 1 is 1.20 bits per heavy atom. The predicted molar refractivity (Wildman–Crippen MR) is 127 cm³/mol. The third-order valence-corrected chi connectivity index (χ3v) is 5.92. The molecule has 154 valence electrons. The van der Waals surface area contributed by atoms with Crippen LogP contribution >= 0.6 is 24.0 Å². The van der Waals surface area contributed by atoms with Crippen molar-refractivity contribution in [2.75, 3.05) is 6.54 Å². The second-order valence-electron chi connectivity index (χ2n) is 7.87. The molecule has 30 heavy (non-hydrogen) atoms. The van der Waals surface area contributed by atoms with Crippen molar-refractivity contribution in [2.45, 2.75) is 26.2 Å². The van der Waals surface area contributed by atoms with E-state index in [0.717, 1.165) is 11.1 Å². The summed E-state index contributed by atoms with van der Waals surface area (Å²) >= 11 is 6.51. The van der Waals surface area contributed by atoms with Crippen LogP contribution in [-0.2, 0) is 10.2 Å². The van der Waals surface area contributed by atoms with Gasteiger partial charge in [0.05, 0.1) is 10.5 Å². The smallest absolute Gasteiger partial charge is 0.343 e. The lowest BCUT2D eigenvalue weighted by Crippen LogP contribution is -2.27. The highest BCUT2D eigenvalue weighted by molar-refractivity contribution is 8.26. The number of benzene rings is 2. The SMILES string of the molecule is C=CCN1C(=O)C(=Cc2cccc(OC(=O)c3ccc(C(C)(C)C)cc3)c2)SC1=S. The van der Waals surface area contributed by atoms with E-state index >= 15 is 0 Å². The fourth-order valence-electron chi connectivity index (χ4n) is 2.88. The fourth-order valence-corrected chi connectivity index (χ4v) is 4.15. The lowest BCUT2D eigenvalue weighted by molar-refractivity contribution is -0.121. The van der Waals surface area contributed by atoms with Crippen molar-refractivity contribution in [2.24, 2.45) is 0 Å². The molecule has 3 rings (SSSR count). The minimum absolute atomic E-state index is 0.0174. The summed E-state index contributed by atoms with van der Waals surface area (Å²) in [6.45, 7) is 10.4. The van der Waals surface area contributed by atoms with Crippen LogP contribution in [0.4, 0.5) is 0 Å². The van der Waals surface area contributed by atoms with E-state index in [1.54, 1.807) is 42.5 Å². The van der Waals surface area contributed by atoms with E-state index in [0.29, 0.717) is 27.1 Å². The molecule has 0 saturated carbocycles. The first-order valence-electron chi connectivity index (χ1n) is 9.48. The minimum Gasteiger partial charge on any atom is -0.423 e. The van der Waals surface area contributed by atoms with E-state index in [9.17, 15) is 9.59 Å². The Morgan fingerprint density at radius 3 is 2.53 bits per heavy atom. The molecule has 0 aliphatic carbocycles. The summed E-state index contributed by atoms with van der Waals surface area (Å²) in [5.74, 6) is -0.161. The van der Waals surface area contributed by atoms with Gasteiger partial charge in [0, 0.05) is 6.54 Å². The average Bonchev–Trinajstić information content (AvgIpc) is 2.95. The highest BCUT2D eigenvalue weighted by Crippen LogP contribution is 2.33. The van der Waals surface area contributed by atoms with Crippen molar-refractivity contribution in [3.05, 3.63) is 82.8 Å². The number of ether oxygens (including phenoxy) is 1. The number of carbonyl (C=O) groups is 2. The maximum Gasteiger partial charge on any atom is 0.343 e. The molecular formula is C24H23NO3S2. The normalized spacial score (nSPS) is 15.6. The summed E-state index contributed by atoms with van der Waals surface area (Å²) in [6, 6.07) is 14.5. The highest BCUT2D eigenvalue weighted by atomic mass is 32.2. The quantitative estimate of drug-likeness (QED) is 0.201. The molecule has 1 fully saturated rings. The van der Waals surface area contributed by atoms with Crippen molar-refractivity contribution >= 4 is 46.3 Å². The van der Waals surface area contributed by atoms with E-state index in [4.69, 9.17) is 17.0 Å². The molecule has 1 amide bonds. The second kappa shape index (κ2) is 8.98. The third-order valence-electron chi connectivity index (χ3n) is 4.54. The van der Waals surface area contributed by atoms with Crippen molar-refractivity contribution in [1.82, 2.24) is 4.90 Å². The number of thioether (sulfide) groups is 1. The van der Waals surface area contributed by atoms with E-state index in [-0.39, 0.29) is 11.3 Å². The van der Waals surface area contributed by atoms with Crippen LogP contribution < -0.4 is 4.74 Å². The zero-order valence-corrected chi connectivity index (χ0v) is 18.8. The Bertz CT molecular complexity index is 1030. The summed E-state index contributed by atoms with van der Waals surface area (Å²) < 4.78 is 6.04. The molecule has 0 spiro atoms. The van der Waals surface area contributed by atoms with Gasteiger partial charge in [0.2, 0.25) is 0 Å². The van der Waals surface area contributed by atoms with Crippen molar-refractivity contribution in [3.63, 3.8) is 0 Å². The van der Waals surface area contributed by atoms with Gasteiger partial charge in [-0.1, -0.05) is 75.1 Å². The largest absolute Gasteiger partial charge is 0.423 e. The molecule has 1 aliphatic rings. The van der Waals surface area contributed by atoms with Gasteiger partial charge in [-0.3, -0.25) is 9.69 Å². The Kier molecular flexibility index (Phi) is 6.58. The van der Waals surface area contributed by atoms with Crippen LogP contribution in [0.5, 0.6) is 5.75 Å². The number of hydrogen-bond donors (Lipinski definition) is 0. The maximum atomic E-state index is 12.5. The summed E-state index contributed by atoms with van der Waals surface area (Å²) in [4.78, 5) is 27.0. The Balaban J connectivity index is 1.74. The standard InChI is InChI=1S/C24H23NO3S2/c1-5-13-25-21(26)20(30-23(25)29)15-16-7-6-8-19(14-16)28-22(27)17-9-11-18(12-10-17)24(2,3)4/h5-12,14-15H,1,13H2,2-4H3. The fraction of sp³-hybridized carbons (Fsp3) is 0.208. The number of thiocarbonyl (C=S) groups is 1.